The van der Waals surface area contributed by atoms with Crippen LogP contribution in [0.3, 0.4) is 0 Å². The summed E-state index contributed by atoms with van der Waals surface area (Å²) in [6.45, 7) is 1.18. The molecule has 3 rings (SSSR count). The van der Waals surface area contributed by atoms with Crippen molar-refractivity contribution in [3.05, 3.63) is 57.2 Å². The molecule has 3 aromatic rings. The predicted octanol–water partition coefficient (Wildman–Crippen LogP) is 4.52. The van der Waals surface area contributed by atoms with Crippen molar-refractivity contribution in [1.82, 2.24) is 4.57 Å². The second-order valence-electron chi connectivity index (χ2n) is 5.56. The maximum absolute atomic E-state index is 11.8. The van der Waals surface area contributed by atoms with Crippen molar-refractivity contribution in [2.75, 3.05) is 6.61 Å². The lowest BCUT2D eigenvalue weighted by atomic mass is 10.1. The monoisotopic (exact) mass is 437 g/mol. The Bertz CT molecular complexity index is 1040. The molecule has 134 valence electrons. The van der Waals surface area contributed by atoms with Crippen LogP contribution in [0.4, 0.5) is 0 Å². The first-order valence-electron chi connectivity index (χ1n) is 7.48. The number of rotatable bonds is 5. The van der Waals surface area contributed by atoms with Crippen LogP contribution in [0.1, 0.15) is 16.1 Å². The largest absolute Gasteiger partial charge is 0.481 e. The van der Waals surface area contributed by atoms with E-state index in [0.29, 0.717) is 26.1 Å². The molecular formula is C18H13BrClNO5. The van der Waals surface area contributed by atoms with Gasteiger partial charge in [-0.2, -0.15) is 0 Å². The van der Waals surface area contributed by atoms with Gasteiger partial charge in [0.1, 0.15) is 5.75 Å². The SMILES string of the molecule is Cc1c(C(=O)O)c2cc(OCC(=O)O)c(Br)cc2n1-c1cccc(Cl)c1. The van der Waals surface area contributed by atoms with Crippen molar-refractivity contribution in [3.63, 3.8) is 0 Å². The lowest BCUT2D eigenvalue weighted by Crippen LogP contribution is -2.09. The molecule has 0 unspecified atom stereocenters. The summed E-state index contributed by atoms with van der Waals surface area (Å²) in [4.78, 5) is 22.6. The lowest BCUT2D eigenvalue weighted by Gasteiger charge is -2.10. The second-order valence-corrected chi connectivity index (χ2v) is 6.85. The predicted molar refractivity (Wildman–Crippen MR) is 101 cm³/mol. The molecule has 0 fully saturated rings. The number of carboxylic acid groups (broad SMARTS) is 2. The Kier molecular flexibility index (Phi) is 4.93. The van der Waals surface area contributed by atoms with E-state index < -0.39 is 18.5 Å². The van der Waals surface area contributed by atoms with Crippen LogP contribution in [0.25, 0.3) is 16.6 Å². The fraction of sp³-hybridized carbons (Fsp3) is 0.111. The van der Waals surface area contributed by atoms with E-state index in [1.807, 2.05) is 6.07 Å². The summed E-state index contributed by atoms with van der Waals surface area (Å²) >= 11 is 9.44. The third-order valence-corrected chi connectivity index (χ3v) is 4.74. The van der Waals surface area contributed by atoms with Gasteiger partial charge in [0.2, 0.25) is 0 Å². The number of aromatic carboxylic acids is 1. The lowest BCUT2D eigenvalue weighted by molar-refractivity contribution is -0.139. The van der Waals surface area contributed by atoms with Crippen LogP contribution in [0.15, 0.2) is 40.9 Å². The van der Waals surface area contributed by atoms with E-state index in [9.17, 15) is 14.7 Å². The molecule has 0 saturated heterocycles. The van der Waals surface area contributed by atoms with Gasteiger partial charge in [0.05, 0.1) is 15.6 Å². The minimum atomic E-state index is -1.12. The normalized spacial score (nSPS) is 10.9. The number of nitrogens with zero attached hydrogens (tertiary/aromatic N) is 1. The first-order valence-corrected chi connectivity index (χ1v) is 8.65. The smallest absolute Gasteiger partial charge is 0.341 e. The minimum Gasteiger partial charge on any atom is -0.481 e. The van der Waals surface area contributed by atoms with Crippen LogP contribution in [0.2, 0.25) is 5.02 Å². The van der Waals surface area contributed by atoms with E-state index in [2.05, 4.69) is 15.9 Å². The molecule has 0 bridgehead atoms. The number of benzene rings is 2. The Morgan fingerprint density at radius 3 is 2.58 bits per heavy atom. The first kappa shape index (κ1) is 18.3. The van der Waals surface area contributed by atoms with Gasteiger partial charge in [-0.05, 0) is 53.2 Å². The number of hydrogen-bond acceptors (Lipinski definition) is 3. The number of carbonyl (C=O) groups is 2. The van der Waals surface area contributed by atoms with Gasteiger partial charge in [-0.1, -0.05) is 17.7 Å². The maximum atomic E-state index is 11.8. The summed E-state index contributed by atoms with van der Waals surface area (Å²) in [6.07, 6.45) is 0. The molecule has 2 aromatic carbocycles. The Morgan fingerprint density at radius 1 is 1.23 bits per heavy atom. The molecule has 6 nitrogen and oxygen atoms in total. The van der Waals surface area contributed by atoms with Crippen LogP contribution in [0.5, 0.6) is 5.75 Å². The molecule has 8 heteroatoms. The summed E-state index contributed by atoms with van der Waals surface area (Å²) in [6, 6.07) is 10.3. The highest BCUT2D eigenvalue weighted by atomic mass is 79.9. The molecule has 26 heavy (non-hydrogen) atoms. The van der Waals surface area contributed by atoms with Crippen LogP contribution >= 0.6 is 27.5 Å². The zero-order valence-corrected chi connectivity index (χ0v) is 15.8. The molecule has 1 heterocycles. The summed E-state index contributed by atoms with van der Waals surface area (Å²) in [5, 5.41) is 19.4. The molecule has 1 aromatic heterocycles. The van der Waals surface area contributed by atoms with E-state index in [1.54, 1.807) is 35.8 Å². The third kappa shape index (κ3) is 3.27. The van der Waals surface area contributed by atoms with Gasteiger partial charge in [-0.15, -0.1) is 0 Å². The average molecular weight is 439 g/mol. The highest BCUT2D eigenvalue weighted by molar-refractivity contribution is 9.10. The highest BCUT2D eigenvalue weighted by Crippen LogP contribution is 2.37. The molecule has 0 aliphatic rings. The standard InChI is InChI=1S/C18H13BrClNO5/c1-9-17(18(24)25)12-6-15(26-8-16(22)23)13(19)7-14(12)21(9)11-4-2-3-10(20)5-11/h2-7H,8H2,1H3,(H,22,23)(H,24,25). The molecule has 0 aliphatic heterocycles. The molecular weight excluding hydrogens is 426 g/mol. The number of carboxylic acids is 2. The number of aromatic nitrogens is 1. The fourth-order valence-electron chi connectivity index (χ4n) is 2.88. The van der Waals surface area contributed by atoms with Crippen molar-refractivity contribution in [2.24, 2.45) is 0 Å². The van der Waals surface area contributed by atoms with Crippen LogP contribution < -0.4 is 4.74 Å². The summed E-state index contributed by atoms with van der Waals surface area (Å²) < 4.78 is 7.55. The van der Waals surface area contributed by atoms with Crippen molar-refractivity contribution in [3.8, 4) is 11.4 Å². The van der Waals surface area contributed by atoms with E-state index in [-0.39, 0.29) is 11.3 Å². The summed E-state index contributed by atoms with van der Waals surface area (Å²) in [5.74, 6) is -1.95. The average Bonchev–Trinajstić information content (AvgIpc) is 2.83. The Balaban J connectivity index is 2.30. The van der Waals surface area contributed by atoms with Crippen molar-refractivity contribution >= 4 is 50.4 Å². The zero-order chi connectivity index (χ0) is 19.0. The molecule has 0 radical (unpaired) electrons. The van der Waals surface area contributed by atoms with Gasteiger partial charge in [0, 0.05) is 21.8 Å². The maximum Gasteiger partial charge on any atom is 0.341 e. The number of ether oxygens (including phenoxy) is 1. The topological polar surface area (TPSA) is 88.8 Å². The number of fused-ring (bicyclic) bond motifs is 1. The molecule has 0 aliphatic carbocycles. The first-order chi connectivity index (χ1) is 12.3. The zero-order valence-electron chi connectivity index (χ0n) is 13.5. The number of aliphatic carboxylic acids is 1. The van der Waals surface area contributed by atoms with Crippen LogP contribution in [0, 0.1) is 6.92 Å². The second kappa shape index (κ2) is 7.01. The third-order valence-electron chi connectivity index (χ3n) is 3.89. The van der Waals surface area contributed by atoms with Crippen molar-refractivity contribution in [1.29, 1.82) is 0 Å². The van der Waals surface area contributed by atoms with Crippen LogP contribution in [-0.4, -0.2) is 33.3 Å². The van der Waals surface area contributed by atoms with E-state index in [1.165, 1.54) is 6.07 Å². The highest BCUT2D eigenvalue weighted by Gasteiger charge is 2.22. The van der Waals surface area contributed by atoms with Crippen molar-refractivity contribution in [2.45, 2.75) is 6.92 Å². The van der Waals surface area contributed by atoms with E-state index in [0.717, 1.165) is 5.69 Å². The van der Waals surface area contributed by atoms with Gasteiger partial charge in [-0.25, -0.2) is 9.59 Å². The van der Waals surface area contributed by atoms with Gasteiger partial charge in [0.25, 0.3) is 0 Å². The number of hydrogen-bond donors (Lipinski definition) is 2. The number of halogens is 2. The Hall–Kier alpha value is -2.51. The van der Waals surface area contributed by atoms with Gasteiger partial charge >= 0.3 is 11.9 Å². The van der Waals surface area contributed by atoms with E-state index >= 15 is 0 Å². The summed E-state index contributed by atoms with van der Waals surface area (Å²) in [7, 11) is 0. The van der Waals surface area contributed by atoms with Gasteiger partial charge in [0.15, 0.2) is 6.61 Å². The van der Waals surface area contributed by atoms with Gasteiger partial charge < -0.3 is 19.5 Å². The molecule has 0 spiro atoms. The molecule has 0 amide bonds. The summed E-state index contributed by atoms with van der Waals surface area (Å²) in [5.41, 5.74) is 2.00. The van der Waals surface area contributed by atoms with Gasteiger partial charge in [-0.3, -0.25) is 0 Å². The van der Waals surface area contributed by atoms with E-state index in [4.69, 9.17) is 21.4 Å². The molecule has 2 N–H and O–H groups in total. The molecule has 0 atom stereocenters. The van der Waals surface area contributed by atoms with Crippen LogP contribution in [-0.2, 0) is 4.79 Å². The fourth-order valence-corrected chi connectivity index (χ4v) is 3.51. The Labute approximate surface area is 161 Å². The minimum absolute atomic E-state index is 0.118. The Morgan fingerprint density at radius 2 is 1.96 bits per heavy atom. The quantitative estimate of drug-likeness (QED) is 0.611. The van der Waals surface area contributed by atoms with Crippen molar-refractivity contribution < 1.29 is 24.5 Å². The molecule has 0 saturated carbocycles.